The van der Waals surface area contributed by atoms with E-state index < -0.39 is 43.1 Å². The van der Waals surface area contributed by atoms with E-state index in [1.807, 2.05) is 190 Å². The van der Waals surface area contributed by atoms with Crippen LogP contribution < -0.4 is 143 Å². The number of unbranched alkanes of at least 4 members (excludes halogenated alkanes) is 6. The van der Waals surface area contributed by atoms with Gasteiger partial charge in [0, 0.05) is 48.8 Å². The minimum absolute atomic E-state index is 0. The number of carboxylic acid groups (broad SMARTS) is 1. The molecule has 0 fully saturated rings. The summed E-state index contributed by atoms with van der Waals surface area (Å²) < 4.78 is 48.3. The fourth-order valence-corrected chi connectivity index (χ4v) is 0.854. The topological polar surface area (TPSA) is 340 Å². The maximum absolute atomic E-state index is 11.2. The number of halogens is 3. The van der Waals surface area contributed by atoms with E-state index in [4.69, 9.17) is 56.2 Å². The Morgan fingerprint density at radius 3 is 0.561 bits per heavy atom. The Morgan fingerprint density at radius 1 is 0.465 bits per heavy atom. The molecule has 0 aliphatic heterocycles. The summed E-state index contributed by atoms with van der Waals surface area (Å²) in [6.07, 6.45) is 29.4. The molecule has 698 valence electrons. The number of rotatable bonds is 7. The third-order valence-corrected chi connectivity index (χ3v) is 4.82. The van der Waals surface area contributed by atoms with Gasteiger partial charge >= 0.3 is 165 Å². The van der Waals surface area contributed by atoms with Gasteiger partial charge in [-0.25, -0.2) is 0 Å². The summed E-state index contributed by atoms with van der Waals surface area (Å²) in [5, 5.41) is 74.2. The molecular formula is C86H204B2F3K2NaO19S. The first kappa shape index (κ1) is 233. The summed E-state index contributed by atoms with van der Waals surface area (Å²) in [6.45, 7) is 91.4. The van der Waals surface area contributed by atoms with Crippen LogP contribution in [0.5, 0.6) is 0 Å². The second-order valence-electron chi connectivity index (χ2n) is 18.2. The van der Waals surface area contributed by atoms with Crippen molar-refractivity contribution in [1.82, 2.24) is 0 Å². The van der Waals surface area contributed by atoms with Crippen LogP contribution in [0.25, 0.3) is 0 Å². The van der Waals surface area contributed by atoms with Crippen LogP contribution in [0.4, 0.5) is 13.2 Å². The van der Waals surface area contributed by atoms with Crippen LogP contribution in [0.1, 0.15) is 397 Å². The molecule has 0 aromatic carbocycles. The molecule has 0 rings (SSSR count). The van der Waals surface area contributed by atoms with Crippen LogP contribution in [0.15, 0.2) is 24.3 Å². The Balaban J connectivity index is -0.0000000172. The Bertz CT molecular complexity index is 1330. The molecule has 0 spiro atoms. The van der Waals surface area contributed by atoms with E-state index in [1.54, 1.807) is 76.3 Å². The van der Waals surface area contributed by atoms with E-state index in [0.717, 1.165) is 33.7 Å². The smallest absolute Gasteiger partial charge is 0.870 e. The number of carbonyl (C=O) groups is 5. The van der Waals surface area contributed by atoms with Crippen LogP contribution >= 0.6 is 12.2 Å². The summed E-state index contributed by atoms with van der Waals surface area (Å²) in [6, 6.07) is 0. The fraction of sp³-hybridized carbons (Fsp3) is 0.814. The summed E-state index contributed by atoms with van der Waals surface area (Å²) in [4.78, 5) is 45.8. The number of carbonyl (C=O) groups excluding carboxylic acids is 4. The maximum atomic E-state index is 11.2. The van der Waals surface area contributed by atoms with Crippen LogP contribution in [0, 0.1) is 36.5 Å². The quantitative estimate of drug-likeness (QED) is 0.0237. The number of hydrogen-bond acceptors (Lipinski definition) is 19. The Hall–Kier alpha value is -0.407. The first-order valence-electron chi connectivity index (χ1n) is 38.8. The van der Waals surface area contributed by atoms with Crippen molar-refractivity contribution in [3.05, 3.63) is 24.3 Å². The molecule has 0 radical (unpaired) electrons. The fourth-order valence-electron chi connectivity index (χ4n) is 0.854. The number of hydrogen-bond donors (Lipinski definition) is 7. The number of aliphatic carboxylic acids is 1. The van der Waals surface area contributed by atoms with Gasteiger partial charge in [0.1, 0.15) is 18.2 Å². The Morgan fingerprint density at radius 2 is 0.553 bits per heavy atom. The SMILES string of the molecule is C#CC.C#CC(C)(C)O.CB(O)O.CB(O)O.CC.CC.CC.CC.CC.CC.CC.CC.CC.CC#CC.CC(=O)O.CC(C)(C)[O-].CC(C)(C)[O-].CC=CC.CC=CC.CC=O.CC=O.CCC.CCCC.CCCCC.CCCCCC.CF.CO.COC(C)(F)F.COC(C)=O.COC(C)=O.COC(C)=S.[K+].[K+].[Na+].[OH-]. The molecule has 0 saturated heterocycles. The van der Waals surface area contributed by atoms with Gasteiger partial charge in [-0.1, -0.05) is 316 Å². The molecule has 0 aromatic rings. The number of alkyl halides is 3. The van der Waals surface area contributed by atoms with Crippen molar-refractivity contribution in [1.29, 1.82) is 0 Å². The second-order valence-corrected chi connectivity index (χ2v) is 18.7. The second kappa shape index (κ2) is 326. The summed E-state index contributed by atoms with van der Waals surface area (Å²) in [5.41, 5.74) is -2.43. The summed E-state index contributed by atoms with van der Waals surface area (Å²) in [7, 11) is 4.38. The molecule has 0 heterocycles. The third kappa shape index (κ3) is 3220. The zero-order chi connectivity index (χ0) is 98.4. The van der Waals surface area contributed by atoms with Crippen molar-refractivity contribution < 1.29 is 240 Å². The minimum atomic E-state index is -2.96. The van der Waals surface area contributed by atoms with E-state index in [2.05, 4.69) is 117 Å². The number of carboxylic acids is 1. The minimum Gasteiger partial charge on any atom is -0.870 e. The Kier molecular flexibility index (Phi) is 666. The normalized spacial score (nSPS) is 6.75. The number of thiocarbonyl (C=S) groups is 1. The molecule has 0 aliphatic rings. The predicted molar refractivity (Wildman–Crippen MR) is 497 cm³/mol. The van der Waals surface area contributed by atoms with Crippen LogP contribution in [0.3, 0.4) is 0 Å². The predicted octanol–water partition coefficient (Wildman–Crippen LogP) is 15.0. The molecule has 0 unspecified atom stereocenters. The zero-order valence-electron chi connectivity index (χ0n) is 87.5. The van der Waals surface area contributed by atoms with Gasteiger partial charge < -0.3 is 79.6 Å². The summed E-state index contributed by atoms with van der Waals surface area (Å²) in [5.74, 6) is 8.45. The van der Waals surface area contributed by atoms with Gasteiger partial charge in [-0.2, -0.15) is 8.78 Å². The van der Waals surface area contributed by atoms with Gasteiger partial charge in [-0.05, 0) is 102 Å². The third-order valence-electron chi connectivity index (χ3n) is 4.65. The molecule has 8 N–H and O–H groups in total. The average molecular weight is 1750 g/mol. The standard InChI is InChI=1S/C6H14.C5H8O.C5H12.2C4H9O.C4H10.2C4H8.C4H6.C3H6F2O.2C3H6O2.C3H6OS.C3H8.C3H4.C2H4O2.2C2H4O.9C2H6.2CH5BO2.CH3F.CH4O.2K.Na.H2O/c1-3-5-6-4-2;1-4-5(2,3)6;1-3-5-4-2;2*1-4(2,3)5;4*1-3-4-2;1-3(4,5)6-2;2*1-3(4)5-2;1-3(5)4-2;2*1-3-2;1-2(3)4;2*1-2-3;9*1-2;2*1-2(3)4;2*1-2;;;;/h3-6H2,1-2H3;1,6H,2-3H3;3-5H2,1-2H3;2*1-3H3;3-4H2,1-2H3;2*3-4H,1-2H3;1-2H3;1-2H3;3*1-2H3;3H2,1-2H3;1H,2H3;1H3,(H,3,4);2*2H,1H3;9*1-2H3;2*3-4H,1H3;1H3;2H,1H3;;;;1H2/q;;;2*-1;;;;;;;;;;;;;;;;;;;;;;;;;;;3*+1;/p-1. The number of methoxy groups -OCH3 is 4. The zero-order valence-corrected chi connectivity index (χ0v) is 96.5. The van der Waals surface area contributed by atoms with Gasteiger partial charge in [-0.15, -0.1) is 41.8 Å². The molecule has 0 amide bonds. The van der Waals surface area contributed by atoms with Gasteiger partial charge in [-0.3, -0.25) is 18.8 Å². The van der Waals surface area contributed by atoms with Gasteiger partial charge in [0.25, 0.3) is 5.97 Å². The van der Waals surface area contributed by atoms with Crippen molar-refractivity contribution >= 4 is 62.0 Å². The molecule has 0 aromatic heterocycles. The molecule has 0 aliphatic carbocycles. The van der Waals surface area contributed by atoms with Crippen LogP contribution in [-0.4, -0.2) is 156 Å². The van der Waals surface area contributed by atoms with Crippen molar-refractivity contribution in [3.8, 4) is 36.5 Å². The van der Waals surface area contributed by atoms with Gasteiger partial charge in [0.2, 0.25) is 0 Å². The number of esters is 2. The van der Waals surface area contributed by atoms with Gasteiger partial charge in [0.15, 0.2) is 5.05 Å². The van der Waals surface area contributed by atoms with Crippen molar-refractivity contribution in [2.75, 3.05) is 42.7 Å². The molecule has 28 heteroatoms. The molecule has 0 saturated carbocycles. The van der Waals surface area contributed by atoms with Crippen LogP contribution in [-0.2, 0) is 42.9 Å². The molecule has 0 bridgehead atoms. The van der Waals surface area contributed by atoms with Gasteiger partial charge in [0.05, 0.1) is 28.5 Å². The first-order valence-corrected chi connectivity index (χ1v) is 39.3. The number of ether oxygens (including phenoxy) is 4. The number of aliphatic hydroxyl groups excluding tert-OH is 1. The monoisotopic (exact) mass is 1750 g/mol. The molecule has 0 atom stereocenters. The van der Waals surface area contributed by atoms with E-state index in [-0.39, 0.29) is 150 Å². The van der Waals surface area contributed by atoms with E-state index in [9.17, 15) is 33.0 Å². The van der Waals surface area contributed by atoms with E-state index in [0.29, 0.717) is 19.2 Å². The average Bonchev–Trinajstić information content (AvgIpc) is 1.03. The van der Waals surface area contributed by atoms with E-state index in [1.165, 1.54) is 120 Å². The molecule has 114 heavy (non-hydrogen) atoms. The first-order chi connectivity index (χ1) is 50.8. The number of aldehydes is 2. The van der Waals surface area contributed by atoms with Crippen molar-refractivity contribution in [2.45, 2.75) is 433 Å². The van der Waals surface area contributed by atoms with Crippen molar-refractivity contribution in [2.24, 2.45) is 0 Å². The van der Waals surface area contributed by atoms with E-state index >= 15 is 0 Å². The molecule has 19 nitrogen and oxygen atoms in total. The Labute approximate surface area is 828 Å². The summed E-state index contributed by atoms with van der Waals surface area (Å²) >= 11 is 4.47. The number of allylic oxidation sites excluding steroid dienone is 4. The largest absolute Gasteiger partial charge is 1.00 e. The number of terminal acetylenes is 2. The maximum Gasteiger partial charge on any atom is 1.00 e. The molecular weight excluding hydrogens is 1550 g/mol. The van der Waals surface area contributed by atoms with Crippen molar-refractivity contribution in [3.63, 3.8) is 0 Å². The van der Waals surface area contributed by atoms with Crippen LogP contribution in [0.2, 0.25) is 13.6 Å². The number of aliphatic hydroxyl groups is 2.